The van der Waals surface area contributed by atoms with E-state index in [1.54, 1.807) is 6.92 Å². The summed E-state index contributed by atoms with van der Waals surface area (Å²) in [6.07, 6.45) is -3.87. The first-order chi connectivity index (χ1) is 10.7. The second-order valence-electron chi connectivity index (χ2n) is 4.90. The van der Waals surface area contributed by atoms with Crippen molar-refractivity contribution in [2.75, 3.05) is 6.54 Å². The van der Waals surface area contributed by atoms with Crippen LogP contribution in [0.5, 0.6) is 0 Å². The van der Waals surface area contributed by atoms with E-state index in [0.717, 1.165) is 6.20 Å². The zero-order valence-corrected chi connectivity index (χ0v) is 12.8. The molecule has 0 saturated carbocycles. The molecular weight excluding hydrogens is 333 g/mol. The van der Waals surface area contributed by atoms with Gasteiger partial charge in [-0.3, -0.25) is 4.79 Å². The van der Waals surface area contributed by atoms with E-state index in [1.165, 1.54) is 24.3 Å². The Labute approximate surface area is 135 Å². The molecule has 1 heterocycles. The van der Waals surface area contributed by atoms with Crippen LogP contribution in [-0.2, 0) is 6.18 Å². The van der Waals surface area contributed by atoms with Gasteiger partial charge < -0.3 is 11.1 Å². The number of hydrogen-bond acceptors (Lipinski definition) is 3. The maximum absolute atomic E-state index is 13.4. The Bertz CT molecular complexity index is 697. The number of aromatic nitrogens is 2. The summed E-state index contributed by atoms with van der Waals surface area (Å²) in [5.74, 6) is -0.879. The lowest BCUT2D eigenvalue weighted by Gasteiger charge is -2.14. The van der Waals surface area contributed by atoms with Crippen LogP contribution < -0.4 is 11.1 Å². The Morgan fingerprint density at radius 1 is 1.39 bits per heavy atom. The fourth-order valence-corrected chi connectivity index (χ4v) is 2.05. The highest BCUT2D eigenvalue weighted by Crippen LogP contribution is 2.33. The second-order valence-corrected chi connectivity index (χ2v) is 5.34. The van der Waals surface area contributed by atoms with Crippen LogP contribution in [0.15, 0.2) is 30.5 Å². The molecule has 0 radical (unpaired) electrons. The molecule has 0 spiro atoms. The van der Waals surface area contributed by atoms with E-state index in [0.29, 0.717) is 9.70 Å². The van der Waals surface area contributed by atoms with Crippen molar-refractivity contribution < 1.29 is 18.0 Å². The normalized spacial score (nSPS) is 13.0. The van der Waals surface area contributed by atoms with Crippen LogP contribution in [0.2, 0.25) is 5.02 Å². The lowest BCUT2D eigenvalue weighted by atomic mass is 10.2. The van der Waals surface area contributed by atoms with Crippen molar-refractivity contribution in [3.05, 3.63) is 46.7 Å². The number of carbonyl (C=O) groups is 1. The number of amides is 1. The highest BCUT2D eigenvalue weighted by atomic mass is 35.5. The lowest BCUT2D eigenvalue weighted by Crippen LogP contribution is -2.38. The van der Waals surface area contributed by atoms with Crippen LogP contribution >= 0.6 is 11.6 Å². The van der Waals surface area contributed by atoms with Gasteiger partial charge in [0.15, 0.2) is 5.69 Å². The number of alkyl halides is 3. The molecule has 1 atom stereocenters. The maximum atomic E-state index is 13.4. The minimum absolute atomic E-state index is 0.110. The third-order valence-electron chi connectivity index (χ3n) is 3.08. The molecule has 0 fully saturated rings. The van der Waals surface area contributed by atoms with Crippen molar-refractivity contribution in [2.45, 2.75) is 19.1 Å². The van der Waals surface area contributed by atoms with Gasteiger partial charge in [0, 0.05) is 17.6 Å². The zero-order chi connectivity index (χ0) is 17.2. The fourth-order valence-electron chi connectivity index (χ4n) is 1.93. The largest absolute Gasteiger partial charge is 0.434 e. The molecule has 0 aliphatic rings. The van der Waals surface area contributed by atoms with Gasteiger partial charge in [0.05, 0.1) is 17.4 Å². The number of carbonyl (C=O) groups excluding carboxylic acids is 1. The predicted molar refractivity (Wildman–Crippen MR) is 79.6 cm³/mol. The molecule has 0 unspecified atom stereocenters. The first-order valence-electron chi connectivity index (χ1n) is 6.66. The molecule has 124 valence electrons. The summed E-state index contributed by atoms with van der Waals surface area (Å²) >= 11 is 5.73. The van der Waals surface area contributed by atoms with Crippen LogP contribution in [0.4, 0.5) is 13.2 Å². The topological polar surface area (TPSA) is 72.9 Å². The van der Waals surface area contributed by atoms with Crippen LogP contribution in [0.25, 0.3) is 5.69 Å². The van der Waals surface area contributed by atoms with Gasteiger partial charge in [-0.05, 0) is 31.2 Å². The van der Waals surface area contributed by atoms with Crippen LogP contribution in [0, 0.1) is 0 Å². The molecule has 9 heteroatoms. The monoisotopic (exact) mass is 346 g/mol. The standard InChI is InChI=1S/C14H14ClF3N4O/c1-8(6-19)21-13(23)11-7-20-22(12(11)14(16,17)18)10-4-2-9(15)3-5-10/h2-5,7-8H,6,19H2,1H3,(H,21,23)/t8-/m0/s1. The Kier molecular flexibility index (Phi) is 4.96. The number of hydrogen-bond donors (Lipinski definition) is 2. The van der Waals surface area contributed by atoms with E-state index in [2.05, 4.69) is 10.4 Å². The molecule has 1 aromatic carbocycles. The molecule has 2 aromatic rings. The first kappa shape index (κ1) is 17.3. The number of rotatable bonds is 4. The van der Waals surface area contributed by atoms with Gasteiger partial charge >= 0.3 is 6.18 Å². The zero-order valence-electron chi connectivity index (χ0n) is 12.1. The third kappa shape index (κ3) is 3.83. The molecule has 3 N–H and O–H groups in total. The molecule has 0 bridgehead atoms. The number of benzene rings is 1. The van der Waals surface area contributed by atoms with E-state index >= 15 is 0 Å². The number of nitrogens with zero attached hydrogens (tertiary/aromatic N) is 2. The molecular formula is C14H14ClF3N4O. The average molecular weight is 347 g/mol. The average Bonchev–Trinajstić information content (AvgIpc) is 2.93. The minimum Gasteiger partial charge on any atom is -0.348 e. The van der Waals surface area contributed by atoms with E-state index in [1.807, 2.05) is 0 Å². The minimum atomic E-state index is -4.76. The van der Waals surface area contributed by atoms with Crippen molar-refractivity contribution in [1.82, 2.24) is 15.1 Å². The molecule has 0 aliphatic carbocycles. The quantitative estimate of drug-likeness (QED) is 0.893. The number of halogens is 4. The van der Waals surface area contributed by atoms with Gasteiger partial charge in [0.25, 0.3) is 5.91 Å². The van der Waals surface area contributed by atoms with Gasteiger partial charge in [-0.15, -0.1) is 0 Å². The van der Waals surface area contributed by atoms with Gasteiger partial charge in [0.1, 0.15) is 0 Å². The predicted octanol–water partition coefficient (Wildman–Crippen LogP) is 2.62. The summed E-state index contributed by atoms with van der Waals surface area (Å²) in [4.78, 5) is 12.0. The van der Waals surface area contributed by atoms with Gasteiger partial charge in [-0.2, -0.15) is 18.3 Å². The highest BCUT2D eigenvalue weighted by molar-refractivity contribution is 6.30. The summed E-state index contributed by atoms with van der Waals surface area (Å²) in [5, 5.41) is 6.47. The van der Waals surface area contributed by atoms with Crippen molar-refractivity contribution in [3.63, 3.8) is 0 Å². The van der Waals surface area contributed by atoms with Gasteiger partial charge in [-0.25, -0.2) is 4.68 Å². The van der Waals surface area contributed by atoms with Crippen LogP contribution in [0.3, 0.4) is 0 Å². The summed E-state index contributed by atoms with van der Waals surface area (Å²) < 4.78 is 40.9. The Balaban J connectivity index is 2.49. The summed E-state index contributed by atoms with van der Waals surface area (Å²) in [6.45, 7) is 1.70. The molecule has 0 aliphatic heterocycles. The highest BCUT2D eigenvalue weighted by Gasteiger charge is 2.40. The lowest BCUT2D eigenvalue weighted by molar-refractivity contribution is -0.143. The Morgan fingerprint density at radius 2 is 2.00 bits per heavy atom. The van der Waals surface area contributed by atoms with Crippen molar-refractivity contribution in [2.24, 2.45) is 5.73 Å². The third-order valence-corrected chi connectivity index (χ3v) is 3.34. The van der Waals surface area contributed by atoms with E-state index in [9.17, 15) is 18.0 Å². The molecule has 0 saturated heterocycles. The van der Waals surface area contributed by atoms with E-state index in [-0.39, 0.29) is 12.2 Å². The first-order valence-corrected chi connectivity index (χ1v) is 7.04. The smallest absolute Gasteiger partial charge is 0.348 e. The Hall–Kier alpha value is -2.06. The molecule has 1 aromatic heterocycles. The van der Waals surface area contributed by atoms with Crippen molar-refractivity contribution in [3.8, 4) is 5.69 Å². The number of nitrogens with one attached hydrogen (secondary N) is 1. The Morgan fingerprint density at radius 3 is 2.52 bits per heavy atom. The second kappa shape index (κ2) is 6.59. The van der Waals surface area contributed by atoms with Crippen LogP contribution in [-0.4, -0.2) is 28.3 Å². The molecule has 23 heavy (non-hydrogen) atoms. The summed E-state index contributed by atoms with van der Waals surface area (Å²) in [7, 11) is 0. The van der Waals surface area contributed by atoms with Gasteiger partial charge in [-0.1, -0.05) is 11.6 Å². The molecule has 5 nitrogen and oxygen atoms in total. The number of nitrogens with two attached hydrogens (primary N) is 1. The van der Waals surface area contributed by atoms with E-state index < -0.39 is 29.4 Å². The van der Waals surface area contributed by atoms with Crippen molar-refractivity contribution >= 4 is 17.5 Å². The summed E-state index contributed by atoms with van der Waals surface area (Å²) in [6, 6.07) is 5.19. The maximum Gasteiger partial charge on any atom is 0.434 e. The SMILES string of the molecule is C[C@@H](CN)NC(=O)c1cnn(-c2ccc(Cl)cc2)c1C(F)(F)F. The molecule has 1 amide bonds. The van der Waals surface area contributed by atoms with Crippen molar-refractivity contribution in [1.29, 1.82) is 0 Å². The summed E-state index contributed by atoms with van der Waals surface area (Å²) in [5.41, 5.74) is 3.79. The van der Waals surface area contributed by atoms with E-state index in [4.69, 9.17) is 17.3 Å². The molecule has 2 rings (SSSR count). The fraction of sp³-hybridized carbons (Fsp3) is 0.286. The van der Waals surface area contributed by atoms with Gasteiger partial charge in [0.2, 0.25) is 0 Å². The van der Waals surface area contributed by atoms with Crippen LogP contribution in [0.1, 0.15) is 23.0 Å².